The second-order valence-electron chi connectivity index (χ2n) is 11.4. The summed E-state index contributed by atoms with van der Waals surface area (Å²) in [5.41, 5.74) is 2.82. The van der Waals surface area contributed by atoms with E-state index in [2.05, 4.69) is 69.3 Å². The summed E-state index contributed by atoms with van der Waals surface area (Å²) >= 11 is 0. The molecule has 3 aromatic carbocycles. The number of carbonyl (C=O) groups is 8. The van der Waals surface area contributed by atoms with Crippen LogP contribution in [-0.4, -0.2) is 168 Å². The van der Waals surface area contributed by atoms with Gasteiger partial charge in [-0.1, -0.05) is 91.0 Å². The van der Waals surface area contributed by atoms with Gasteiger partial charge in [0, 0.05) is 0 Å². The van der Waals surface area contributed by atoms with Crippen LogP contribution in [0.4, 0.5) is 0 Å². The number of ether oxygens (including phenoxy) is 7. The average molecular weight is 1080 g/mol. The zero-order valence-corrected chi connectivity index (χ0v) is 40.8. The van der Waals surface area contributed by atoms with Crippen LogP contribution in [0.15, 0.2) is 91.0 Å². The molecule has 0 unspecified atom stereocenters. The van der Waals surface area contributed by atoms with E-state index in [1.807, 2.05) is 105 Å². The second-order valence-corrected chi connectivity index (χ2v) is 11.4. The Hall–Kier alpha value is -6.78. The molecule has 3 rings (SSSR count). The van der Waals surface area contributed by atoms with Crippen molar-refractivity contribution in [2.24, 2.45) is 0 Å². The molecular formula is C46H64O29-6. The molecule has 0 saturated heterocycles. The number of benzene rings is 3. The zero-order chi connectivity index (χ0) is 58.0. The average Bonchev–Trinajstić information content (AvgIpc) is 3.42. The molecule has 0 bridgehead atoms. The Bertz CT molecular complexity index is 1690. The second kappa shape index (κ2) is 69.3. The topological polar surface area (TPSA) is 427 Å². The lowest BCUT2D eigenvalue weighted by Crippen LogP contribution is -2.18. The van der Waals surface area contributed by atoms with Crippen LogP contribution >= 0.6 is 0 Å². The monoisotopic (exact) mass is 1080 g/mol. The molecular weight excluding hydrogens is 1020 g/mol. The Balaban J connectivity index is -0.000000191. The summed E-state index contributed by atoms with van der Waals surface area (Å²) in [5, 5.41) is 66.9. The minimum Gasteiger partial charge on any atom is -0.853 e. The molecule has 0 aliphatic rings. The van der Waals surface area contributed by atoms with E-state index < -0.39 is 69.2 Å². The van der Waals surface area contributed by atoms with Crippen molar-refractivity contribution in [2.75, 3.05) is 92.9 Å². The fourth-order valence-electron chi connectivity index (χ4n) is 3.28. The van der Waals surface area contributed by atoms with Gasteiger partial charge in [-0.2, -0.15) is 0 Å². The van der Waals surface area contributed by atoms with Crippen LogP contribution in [0, 0.1) is 21.3 Å². The summed E-state index contributed by atoms with van der Waals surface area (Å²) in [6.07, 6.45) is 0. The fraction of sp³-hybridized carbons (Fsp3) is 0.370. The summed E-state index contributed by atoms with van der Waals surface area (Å²) in [6.45, 7) is 0.576. The maximum Gasteiger partial charge on any atom is 0.344 e. The van der Waals surface area contributed by atoms with E-state index in [0.29, 0.717) is 6.61 Å². The minimum atomic E-state index is -1.20. The van der Waals surface area contributed by atoms with Crippen molar-refractivity contribution < 1.29 is 142 Å². The third-order valence-corrected chi connectivity index (χ3v) is 5.94. The van der Waals surface area contributed by atoms with Gasteiger partial charge >= 0.3 is 35.8 Å². The summed E-state index contributed by atoms with van der Waals surface area (Å²) in [7, 11) is 8.76. The van der Waals surface area contributed by atoms with Crippen molar-refractivity contribution in [3.8, 4) is 0 Å². The van der Waals surface area contributed by atoms with Crippen LogP contribution in [0.1, 0.15) is 16.7 Å². The van der Waals surface area contributed by atoms with Gasteiger partial charge in [-0.05, 0) is 23.5 Å². The van der Waals surface area contributed by atoms with Crippen LogP contribution in [0.5, 0.6) is 0 Å². The lowest BCUT2D eigenvalue weighted by Gasteiger charge is -2.07. The maximum absolute atomic E-state index is 11.2. The number of aliphatic hydroxyl groups is 3. The highest BCUT2D eigenvalue weighted by molar-refractivity contribution is 5.77. The largest absolute Gasteiger partial charge is 0.853 e. The van der Waals surface area contributed by atoms with Gasteiger partial charge in [-0.25, -0.2) is 79.4 Å². The molecule has 0 aliphatic heterocycles. The van der Waals surface area contributed by atoms with Crippen LogP contribution in [0.2, 0.25) is 0 Å². The number of hydrogen-bond acceptors (Lipinski definition) is 27. The van der Waals surface area contributed by atoms with Crippen molar-refractivity contribution in [2.45, 2.75) is 19.8 Å². The van der Waals surface area contributed by atoms with Crippen molar-refractivity contribution in [3.05, 3.63) is 129 Å². The summed E-state index contributed by atoms with van der Waals surface area (Å²) in [5.74, 6) is -4.79. The normalized spacial score (nSPS) is 9.03. The molecule has 0 radical (unpaired) electrons. The van der Waals surface area contributed by atoms with E-state index in [1.165, 1.54) is 0 Å². The Morgan fingerprint density at radius 2 is 0.733 bits per heavy atom. The van der Waals surface area contributed by atoms with Gasteiger partial charge in [-0.15, -0.1) is 13.2 Å². The molecule has 0 aliphatic carbocycles. The number of carboxylic acids is 2. The number of esters is 4. The van der Waals surface area contributed by atoms with E-state index in [1.54, 1.807) is 0 Å². The molecule has 0 aromatic heterocycles. The first-order valence-corrected chi connectivity index (χ1v) is 20.4. The first kappa shape index (κ1) is 79.6. The third kappa shape index (κ3) is 73.9. The maximum atomic E-state index is 11.2. The molecule has 29 nitrogen and oxygen atoms in total. The quantitative estimate of drug-likeness (QED) is 0.00972. The van der Waals surface area contributed by atoms with Gasteiger partial charge in [0.1, 0.15) is 73.0 Å². The van der Waals surface area contributed by atoms with Crippen molar-refractivity contribution >= 4 is 49.4 Å². The predicted octanol–water partition coefficient (Wildman–Crippen LogP) is -2.28. The molecule has 0 spiro atoms. The summed E-state index contributed by atoms with van der Waals surface area (Å²) in [6, 6.07) is 28.2. The number of carbonyl (C=O) groups excluding carboxylic acids is 6. The highest BCUT2D eigenvalue weighted by Gasteiger charge is 2.07. The van der Waals surface area contributed by atoms with Gasteiger partial charge in [0.15, 0.2) is 20.0 Å². The lowest BCUT2D eigenvalue weighted by atomic mass is 10.2. The van der Waals surface area contributed by atoms with Crippen LogP contribution < -0.4 is 15.3 Å². The first-order chi connectivity index (χ1) is 36.2. The molecule has 75 heavy (non-hydrogen) atoms. The van der Waals surface area contributed by atoms with Crippen LogP contribution in [-0.2, 0) is 121 Å². The van der Waals surface area contributed by atoms with Crippen molar-refractivity contribution in [3.63, 3.8) is 0 Å². The Morgan fingerprint density at radius 1 is 0.413 bits per heavy atom. The van der Waals surface area contributed by atoms with Gasteiger partial charge in [0.25, 0.3) is 0 Å². The molecule has 5 N–H and O–H groups in total. The van der Waals surface area contributed by atoms with Crippen LogP contribution in [0.3, 0.4) is 0 Å². The number of aliphatic carboxylic acids is 2. The van der Waals surface area contributed by atoms with E-state index >= 15 is 0 Å². The number of hydrogen-bond donors (Lipinski definition) is 5. The van der Waals surface area contributed by atoms with Gasteiger partial charge in [0.05, 0.1) is 13.2 Å². The van der Waals surface area contributed by atoms with Gasteiger partial charge in [0.2, 0.25) is 0 Å². The molecule has 0 amide bonds. The molecule has 0 heterocycles. The molecule has 3 aromatic rings. The van der Waals surface area contributed by atoms with E-state index in [0.717, 1.165) is 16.7 Å². The third-order valence-electron chi connectivity index (χ3n) is 5.94. The summed E-state index contributed by atoms with van der Waals surface area (Å²) in [4.78, 5) is 105. The van der Waals surface area contributed by atoms with Crippen molar-refractivity contribution in [1.82, 2.24) is 0 Å². The highest BCUT2D eigenvalue weighted by atomic mass is 17.2. The van der Waals surface area contributed by atoms with E-state index in [9.17, 15) is 39.0 Å². The Morgan fingerprint density at radius 3 is 1.07 bits per heavy atom. The zero-order valence-electron chi connectivity index (χ0n) is 40.8. The minimum absolute atomic E-state index is 0.0133. The summed E-state index contributed by atoms with van der Waals surface area (Å²) < 4.78 is 30.6. The lowest BCUT2D eigenvalue weighted by molar-refractivity contribution is -0.421. The van der Waals surface area contributed by atoms with E-state index in [-0.39, 0.29) is 72.7 Å². The number of aliphatic hydroxyl groups excluding tert-OH is 3. The fourth-order valence-corrected chi connectivity index (χ4v) is 3.28. The highest BCUT2D eigenvalue weighted by Crippen LogP contribution is 2.02. The Labute approximate surface area is 432 Å². The predicted molar refractivity (Wildman–Crippen MR) is 245 cm³/mol. The Kier molecular flexibility index (Phi) is 73.6. The van der Waals surface area contributed by atoms with Crippen molar-refractivity contribution in [1.29, 1.82) is 0 Å². The standard InChI is InChI=1S/C12H13O5.C11H15O5.C9H10O3.C5H7O5.C3H7O4.C3H5O3.CH3O2.2CH2O/c1-15-8-11(13)17-9-12(14)16-7-10-5-3-2-4-6-10;12-6-7-13-14-8-9-15-16-10-11-4-2-1-3-5-11;10-6-9(11)12-7-8-4-2-1-3-5-8;1-9-3-5(8)10-2-4(6)7;4-1-2-6-7-3-5;1-6-2-3(4)5;2-1-3;2*1-2/h2-6H,1,7-9H2;1-5H,6-10H2;1-5,10H,6-7H2;1-3H2,(H,6,7);5H,1-3H2;1-2H2,(H,4,5);2H,1H2;2*1H2/q2*-1;;4*-1;;. The molecule has 0 saturated carbocycles. The molecule has 0 atom stereocenters. The van der Waals surface area contributed by atoms with E-state index in [4.69, 9.17) is 54.7 Å². The molecule has 428 valence electrons. The molecule has 0 fully saturated rings. The van der Waals surface area contributed by atoms with Gasteiger partial charge in [-0.3, -0.25) is 0 Å². The van der Waals surface area contributed by atoms with Crippen LogP contribution in [0.25, 0.3) is 0 Å². The smallest absolute Gasteiger partial charge is 0.344 e. The first-order valence-electron chi connectivity index (χ1n) is 20.4. The molecule has 29 heteroatoms. The number of rotatable bonds is 28. The SMILES string of the molecule is C=O.C=O.O=C(CO)OCc1ccccc1.[CH2-]OCC(=O)O.[CH2-]OCC(=O)OCC(=O)O.[CH2-]OCC(=O)OCC(=O)OCc1ccccc1.[O-]CCOOCCOOCc1ccccc1.[O-]CCOOCO.[O-]CO. The number of carboxylic acid groups (broad SMARTS) is 2. The van der Waals surface area contributed by atoms with Gasteiger partial charge < -0.3 is 83.6 Å².